The van der Waals surface area contributed by atoms with Crippen molar-refractivity contribution >= 4 is 39.8 Å². The van der Waals surface area contributed by atoms with Crippen LogP contribution in [0.15, 0.2) is 76.5 Å². The highest BCUT2D eigenvalue weighted by molar-refractivity contribution is 7.91. The average Bonchev–Trinajstić information content (AvgIpc) is 2.77. The van der Waals surface area contributed by atoms with Crippen molar-refractivity contribution in [3.63, 3.8) is 0 Å². The number of halogens is 2. The van der Waals surface area contributed by atoms with Crippen LogP contribution in [0.5, 0.6) is 5.75 Å². The lowest BCUT2D eigenvalue weighted by molar-refractivity contribution is 0.0997. The standard InChI is InChI=1S/C25H27ClN2O5S.ClH/c1-25(2,28-15-23(30)17-4-3-5-18(26)12-17)14-16-6-8-19(9-7-16)34(32,33)20-10-11-22(29)21(13-20)24(27)31;/h3-13,23,28-30H,14-15H2,1-2H3,(H2,27,31);1H/t23-;/m1./s1. The molecular formula is C25H28Cl2N2O5S. The van der Waals surface area contributed by atoms with Crippen molar-refractivity contribution in [1.82, 2.24) is 5.32 Å². The van der Waals surface area contributed by atoms with Gasteiger partial charge in [-0.15, -0.1) is 12.4 Å². The first-order valence-corrected chi connectivity index (χ1v) is 12.4. The predicted molar refractivity (Wildman–Crippen MR) is 138 cm³/mol. The molecule has 3 aromatic rings. The summed E-state index contributed by atoms with van der Waals surface area (Å²) < 4.78 is 25.9. The number of β-amino-alcohol motifs (C(OH)–C–C–N with tert-alkyl or cyclic N) is 1. The molecule has 5 N–H and O–H groups in total. The first kappa shape index (κ1) is 28.6. The third kappa shape index (κ3) is 7.19. The molecule has 1 amide bonds. The highest BCUT2D eigenvalue weighted by Crippen LogP contribution is 2.27. The number of nitrogens with one attached hydrogen (secondary N) is 1. The number of rotatable bonds is 9. The second-order valence-corrected chi connectivity index (χ2v) is 11.1. The highest BCUT2D eigenvalue weighted by Gasteiger charge is 2.23. The van der Waals surface area contributed by atoms with Crippen molar-refractivity contribution in [3.05, 3.63) is 88.4 Å². The van der Waals surface area contributed by atoms with E-state index in [2.05, 4.69) is 5.32 Å². The van der Waals surface area contributed by atoms with Crippen LogP contribution >= 0.6 is 24.0 Å². The van der Waals surface area contributed by atoms with Crippen molar-refractivity contribution < 1.29 is 23.4 Å². The Kier molecular flexibility index (Phi) is 9.33. The Hall–Kier alpha value is -2.62. The number of aliphatic hydroxyl groups excluding tert-OH is 1. The second-order valence-electron chi connectivity index (χ2n) is 8.70. The molecule has 0 saturated heterocycles. The second kappa shape index (κ2) is 11.4. The van der Waals surface area contributed by atoms with Gasteiger partial charge in [0.15, 0.2) is 0 Å². The average molecular weight is 539 g/mol. The number of phenols is 1. The number of benzene rings is 3. The predicted octanol–water partition coefficient (Wildman–Crippen LogP) is 4.04. The van der Waals surface area contributed by atoms with Gasteiger partial charge in [-0.1, -0.05) is 35.9 Å². The van der Waals surface area contributed by atoms with E-state index in [-0.39, 0.29) is 39.0 Å². The van der Waals surface area contributed by atoms with Crippen LogP contribution in [0, 0.1) is 0 Å². The summed E-state index contributed by atoms with van der Waals surface area (Å²) in [6.45, 7) is 4.30. The molecule has 0 aliphatic rings. The van der Waals surface area contributed by atoms with Gasteiger partial charge < -0.3 is 21.3 Å². The van der Waals surface area contributed by atoms with E-state index in [0.717, 1.165) is 23.3 Å². The lowest BCUT2D eigenvalue weighted by atomic mass is 9.94. The maximum Gasteiger partial charge on any atom is 0.252 e. The molecule has 0 aliphatic carbocycles. The van der Waals surface area contributed by atoms with Crippen molar-refractivity contribution in [1.29, 1.82) is 0 Å². The van der Waals surface area contributed by atoms with Gasteiger partial charge in [0.2, 0.25) is 9.84 Å². The maximum atomic E-state index is 13.0. The van der Waals surface area contributed by atoms with Crippen molar-refractivity contribution in [2.24, 2.45) is 5.73 Å². The van der Waals surface area contributed by atoms with E-state index in [1.54, 1.807) is 30.3 Å². The molecule has 35 heavy (non-hydrogen) atoms. The van der Waals surface area contributed by atoms with Crippen molar-refractivity contribution in [3.8, 4) is 5.75 Å². The van der Waals surface area contributed by atoms with Crippen LogP contribution in [0.25, 0.3) is 0 Å². The van der Waals surface area contributed by atoms with Crippen molar-refractivity contribution in [2.75, 3.05) is 6.54 Å². The van der Waals surface area contributed by atoms with Crippen LogP contribution in [-0.4, -0.2) is 36.6 Å². The van der Waals surface area contributed by atoms with Gasteiger partial charge in [0, 0.05) is 17.1 Å². The van der Waals surface area contributed by atoms with Gasteiger partial charge in [0.05, 0.1) is 21.5 Å². The van der Waals surface area contributed by atoms with Crippen molar-refractivity contribution in [2.45, 2.75) is 41.7 Å². The van der Waals surface area contributed by atoms with E-state index in [9.17, 15) is 23.4 Å². The molecule has 0 unspecified atom stereocenters. The molecule has 7 nitrogen and oxygen atoms in total. The minimum absolute atomic E-state index is 0. The minimum Gasteiger partial charge on any atom is -0.507 e. The van der Waals surface area contributed by atoms with E-state index in [1.807, 2.05) is 19.9 Å². The fourth-order valence-corrected chi connectivity index (χ4v) is 5.07. The number of sulfone groups is 1. The summed E-state index contributed by atoms with van der Waals surface area (Å²) in [5.41, 5.74) is 6.19. The van der Waals surface area contributed by atoms with Gasteiger partial charge >= 0.3 is 0 Å². The monoisotopic (exact) mass is 538 g/mol. The summed E-state index contributed by atoms with van der Waals surface area (Å²) in [5, 5.41) is 24.1. The molecule has 0 spiro atoms. The third-order valence-corrected chi connectivity index (χ3v) is 7.43. The Morgan fingerprint density at radius 2 is 1.69 bits per heavy atom. The molecule has 0 bridgehead atoms. The summed E-state index contributed by atoms with van der Waals surface area (Å²) in [4.78, 5) is 11.4. The van der Waals surface area contributed by atoms with Gasteiger partial charge in [-0.2, -0.15) is 0 Å². The zero-order valence-corrected chi connectivity index (χ0v) is 21.6. The van der Waals surface area contributed by atoms with Crippen LogP contribution in [0.3, 0.4) is 0 Å². The van der Waals surface area contributed by atoms with Gasteiger partial charge in [-0.25, -0.2) is 8.42 Å². The first-order valence-electron chi connectivity index (χ1n) is 10.5. The highest BCUT2D eigenvalue weighted by atomic mass is 35.5. The first-order chi connectivity index (χ1) is 15.9. The molecule has 0 fully saturated rings. The Balaban J connectivity index is 0.00000432. The Labute approximate surface area is 216 Å². The lowest BCUT2D eigenvalue weighted by Crippen LogP contribution is -2.43. The van der Waals surface area contributed by atoms with Crippen LogP contribution in [0.1, 0.15) is 41.4 Å². The topological polar surface area (TPSA) is 130 Å². The lowest BCUT2D eigenvalue weighted by Gasteiger charge is -2.28. The smallest absolute Gasteiger partial charge is 0.252 e. The maximum absolute atomic E-state index is 13.0. The van der Waals surface area contributed by atoms with Gasteiger partial charge in [-0.05, 0) is 73.9 Å². The molecule has 1 atom stereocenters. The minimum atomic E-state index is -3.91. The molecule has 0 heterocycles. The normalized spacial score (nSPS) is 12.6. The fourth-order valence-electron chi connectivity index (χ4n) is 3.58. The number of hydrogen-bond acceptors (Lipinski definition) is 6. The summed E-state index contributed by atoms with van der Waals surface area (Å²) in [5.74, 6) is -1.29. The molecule has 0 aromatic heterocycles. The summed E-state index contributed by atoms with van der Waals surface area (Å²) in [6.07, 6.45) is -0.137. The quantitative estimate of drug-likeness (QED) is 0.325. The molecule has 3 rings (SSSR count). The van der Waals surface area contributed by atoms with E-state index in [4.69, 9.17) is 17.3 Å². The summed E-state index contributed by atoms with van der Waals surface area (Å²) in [6, 6.07) is 16.9. The molecule has 0 saturated carbocycles. The Morgan fingerprint density at radius 3 is 2.29 bits per heavy atom. The van der Waals surface area contributed by atoms with Gasteiger partial charge in [-0.3, -0.25) is 4.79 Å². The number of amides is 1. The largest absolute Gasteiger partial charge is 0.507 e. The number of aromatic hydroxyl groups is 1. The summed E-state index contributed by atoms with van der Waals surface area (Å²) >= 11 is 5.99. The number of carbonyl (C=O) groups is 1. The number of primary amides is 1. The zero-order chi connectivity index (χ0) is 25.1. The number of aliphatic hydroxyl groups is 1. The molecule has 10 heteroatoms. The molecule has 188 valence electrons. The van der Waals surface area contributed by atoms with Gasteiger partial charge in [0.25, 0.3) is 5.91 Å². The third-order valence-electron chi connectivity index (χ3n) is 5.43. The summed E-state index contributed by atoms with van der Waals surface area (Å²) in [7, 11) is -3.91. The van der Waals surface area contributed by atoms with Crippen LogP contribution in [0.4, 0.5) is 0 Å². The number of carbonyl (C=O) groups excluding carboxylic acids is 1. The number of hydrogen-bond donors (Lipinski definition) is 4. The number of nitrogens with two attached hydrogens (primary N) is 1. The SMILES string of the molecule is CC(C)(Cc1ccc(S(=O)(=O)c2ccc(O)c(C(N)=O)c2)cc1)NC[C@@H](O)c1cccc(Cl)c1.Cl. The Morgan fingerprint density at radius 1 is 1.06 bits per heavy atom. The van der Waals surface area contributed by atoms with Crippen LogP contribution in [-0.2, 0) is 16.3 Å². The van der Waals surface area contributed by atoms with Gasteiger partial charge in [0.1, 0.15) is 5.75 Å². The molecule has 0 radical (unpaired) electrons. The Bertz CT molecular complexity index is 1300. The van der Waals surface area contributed by atoms with E-state index >= 15 is 0 Å². The molecule has 0 aliphatic heterocycles. The van der Waals surface area contributed by atoms with Crippen LogP contribution in [0.2, 0.25) is 5.02 Å². The van der Waals surface area contributed by atoms with Crippen LogP contribution < -0.4 is 11.1 Å². The fraction of sp³-hybridized carbons (Fsp3) is 0.240. The van der Waals surface area contributed by atoms with E-state index in [1.165, 1.54) is 18.2 Å². The van der Waals surface area contributed by atoms with E-state index < -0.39 is 21.8 Å². The zero-order valence-electron chi connectivity index (χ0n) is 19.2. The molecule has 3 aromatic carbocycles. The molecular weight excluding hydrogens is 511 g/mol. The van der Waals surface area contributed by atoms with E-state index in [0.29, 0.717) is 18.0 Å².